The van der Waals surface area contributed by atoms with Crippen LogP contribution >= 0.6 is 0 Å². The zero-order valence-electron chi connectivity index (χ0n) is 7.36. The van der Waals surface area contributed by atoms with Gasteiger partial charge in [-0.05, 0) is 18.9 Å². The molecule has 0 aromatic rings. The SMILES string of the molecule is CC1CCN(CC(N)C(=O)O)C1. The van der Waals surface area contributed by atoms with E-state index in [-0.39, 0.29) is 0 Å². The van der Waals surface area contributed by atoms with E-state index in [4.69, 9.17) is 10.8 Å². The van der Waals surface area contributed by atoms with Gasteiger partial charge < -0.3 is 15.7 Å². The van der Waals surface area contributed by atoms with Gasteiger partial charge in [-0.25, -0.2) is 0 Å². The summed E-state index contributed by atoms with van der Waals surface area (Å²) >= 11 is 0. The lowest BCUT2D eigenvalue weighted by molar-refractivity contribution is -0.138. The fraction of sp³-hybridized carbons (Fsp3) is 0.875. The molecule has 0 aliphatic carbocycles. The van der Waals surface area contributed by atoms with Crippen LogP contribution in [0.2, 0.25) is 0 Å². The lowest BCUT2D eigenvalue weighted by Crippen LogP contribution is -2.41. The molecular weight excluding hydrogens is 156 g/mol. The van der Waals surface area contributed by atoms with Gasteiger partial charge in [-0.2, -0.15) is 0 Å². The second-order valence-electron chi connectivity index (χ2n) is 3.60. The Balaban J connectivity index is 2.27. The minimum atomic E-state index is -0.908. The van der Waals surface area contributed by atoms with Gasteiger partial charge in [0.15, 0.2) is 0 Å². The van der Waals surface area contributed by atoms with E-state index >= 15 is 0 Å². The Hall–Kier alpha value is -0.610. The van der Waals surface area contributed by atoms with Gasteiger partial charge >= 0.3 is 5.97 Å². The second-order valence-corrected chi connectivity index (χ2v) is 3.60. The Morgan fingerprint density at radius 2 is 2.50 bits per heavy atom. The van der Waals surface area contributed by atoms with Crippen LogP contribution in [0.4, 0.5) is 0 Å². The van der Waals surface area contributed by atoms with Crippen molar-refractivity contribution in [2.75, 3.05) is 19.6 Å². The van der Waals surface area contributed by atoms with Crippen LogP contribution in [0.3, 0.4) is 0 Å². The molecule has 0 aromatic heterocycles. The van der Waals surface area contributed by atoms with Crippen molar-refractivity contribution in [1.82, 2.24) is 4.90 Å². The predicted octanol–water partition coefficient (Wildman–Crippen LogP) is -0.260. The first-order chi connectivity index (χ1) is 5.59. The van der Waals surface area contributed by atoms with Crippen LogP contribution in [0.15, 0.2) is 0 Å². The Bertz CT molecular complexity index is 172. The molecule has 1 saturated heterocycles. The number of likely N-dealkylation sites (tertiary alicyclic amines) is 1. The van der Waals surface area contributed by atoms with E-state index in [1.54, 1.807) is 0 Å². The standard InChI is InChI=1S/C8H16N2O2/c1-6-2-3-10(4-6)5-7(9)8(11)12/h6-7H,2-5,9H2,1H3,(H,11,12). The summed E-state index contributed by atoms with van der Waals surface area (Å²) in [6, 6.07) is -0.727. The highest BCUT2D eigenvalue weighted by atomic mass is 16.4. The quantitative estimate of drug-likeness (QED) is 0.615. The predicted molar refractivity (Wildman–Crippen MR) is 45.8 cm³/mol. The van der Waals surface area contributed by atoms with E-state index < -0.39 is 12.0 Å². The summed E-state index contributed by atoms with van der Waals surface area (Å²) < 4.78 is 0. The largest absolute Gasteiger partial charge is 0.480 e. The topological polar surface area (TPSA) is 66.6 Å². The summed E-state index contributed by atoms with van der Waals surface area (Å²) in [7, 11) is 0. The fourth-order valence-corrected chi connectivity index (χ4v) is 1.55. The molecule has 4 heteroatoms. The highest BCUT2D eigenvalue weighted by molar-refractivity contribution is 5.73. The molecule has 0 amide bonds. The molecule has 2 atom stereocenters. The lowest BCUT2D eigenvalue weighted by Gasteiger charge is -2.17. The van der Waals surface area contributed by atoms with Crippen molar-refractivity contribution in [2.24, 2.45) is 11.7 Å². The molecule has 0 radical (unpaired) electrons. The number of carboxylic acid groups (broad SMARTS) is 1. The number of hydrogen-bond acceptors (Lipinski definition) is 3. The summed E-state index contributed by atoms with van der Waals surface area (Å²) in [6.07, 6.45) is 1.16. The smallest absolute Gasteiger partial charge is 0.321 e. The van der Waals surface area contributed by atoms with Gasteiger partial charge in [0.2, 0.25) is 0 Å². The summed E-state index contributed by atoms with van der Waals surface area (Å²) in [5, 5.41) is 8.56. The van der Waals surface area contributed by atoms with Crippen molar-refractivity contribution >= 4 is 5.97 Å². The van der Waals surface area contributed by atoms with Crippen molar-refractivity contribution in [3.63, 3.8) is 0 Å². The van der Waals surface area contributed by atoms with Crippen molar-refractivity contribution in [3.05, 3.63) is 0 Å². The summed E-state index contributed by atoms with van der Waals surface area (Å²) in [6.45, 7) is 4.63. The molecule has 0 aromatic carbocycles. The number of aliphatic carboxylic acids is 1. The molecule has 2 unspecified atom stereocenters. The molecule has 12 heavy (non-hydrogen) atoms. The van der Waals surface area contributed by atoms with Crippen LogP contribution < -0.4 is 5.73 Å². The zero-order chi connectivity index (χ0) is 9.14. The average Bonchev–Trinajstić information content (AvgIpc) is 2.35. The lowest BCUT2D eigenvalue weighted by atomic mass is 10.2. The molecule has 3 N–H and O–H groups in total. The summed E-state index contributed by atoms with van der Waals surface area (Å²) in [5.74, 6) is -0.222. The van der Waals surface area contributed by atoms with E-state index in [2.05, 4.69) is 11.8 Å². The van der Waals surface area contributed by atoms with E-state index in [0.29, 0.717) is 12.5 Å². The molecule has 1 heterocycles. The van der Waals surface area contributed by atoms with Crippen molar-refractivity contribution in [2.45, 2.75) is 19.4 Å². The van der Waals surface area contributed by atoms with Crippen LogP contribution in [-0.4, -0.2) is 41.7 Å². The minimum absolute atomic E-state index is 0.486. The van der Waals surface area contributed by atoms with Crippen LogP contribution in [0.1, 0.15) is 13.3 Å². The van der Waals surface area contributed by atoms with Gasteiger partial charge in [0.05, 0.1) is 0 Å². The maximum atomic E-state index is 10.4. The number of nitrogens with zero attached hydrogens (tertiary/aromatic N) is 1. The third kappa shape index (κ3) is 2.46. The van der Waals surface area contributed by atoms with Crippen molar-refractivity contribution < 1.29 is 9.90 Å². The Morgan fingerprint density at radius 3 is 2.92 bits per heavy atom. The third-order valence-corrected chi connectivity index (χ3v) is 2.28. The first-order valence-corrected chi connectivity index (χ1v) is 4.30. The normalized spacial score (nSPS) is 27.3. The summed E-state index contributed by atoms with van der Waals surface area (Å²) in [5.41, 5.74) is 5.40. The zero-order valence-corrected chi connectivity index (χ0v) is 7.36. The number of hydrogen-bond donors (Lipinski definition) is 2. The molecule has 1 rings (SSSR count). The van der Waals surface area contributed by atoms with Crippen LogP contribution in [0.25, 0.3) is 0 Å². The molecule has 0 saturated carbocycles. The monoisotopic (exact) mass is 172 g/mol. The van der Waals surface area contributed by atoms with E-state index in [1.165, 1.54) is 0 Å². The van der Waals surface area contributed by atoms with Gasteiger partial charge in [-0.1, -0.05) is 6.92 Å². The van der Waals surface area contributed by atoms with E-state index in [9.17, 15) is 4.79 Å². The third-order valence-electron chi connectivity index (χ3n) is 2.28. The Kier molecular flexibility index (Phi) is 3.05. The maximum Gasteiger partial charge on any atom is 0.321 e. The number of rotatable bonds is 3. The molecule has 1 aliphatic rings. The molecule has 0 bridgehead atoms. The van der Waals surface area contributed by atoms with Crippen LogP contribution in [0.5, 0.6) is 0 Å². The van der Waals surface area contributed by atoms with Gasteiger partial charge in [-0.15, -0.1) is 0 Å². The van der Waals surface area contributed by atoms with E-state index in [0.717, 1.165) is 19.5 Å². The highest BCUT2D eigenvalue weighted by Crippen LogP contribution is 2.14. The maximum absolute atomic E-state index is 10.4. The van der Waals surface area contributed by atoms with Crippen molar-refractivity contribution in [3.8, 4) is 0 Å². The van der Waals surface area contributed by atoms with Gasteiger partial charge in [-0.3, -0.25) is 4.79 Å². The molecule has 0 spiro atoms. The van der Waals surface area contributed by atoms with E-state index in [1.807, 2.05) is 0 Å². The first-order valence-electron chi connectivity index (χ1n) is 4.30. The molecular formula is C8H16N2O2. The van der Waals surface area contributed by atoms with Crippen molar-refractivity contribution in [1.29, 1.82) is 0 Å². The first kappa shape index (κ1) is 9.48. The van der Waals surface area contributed by atoms with Crippen LogP contribution in [-0.2, 0) is 4.79 Å². The molecule has 1 aliphatic heterocycles. The minimum Gasteiger partial charge on any atom is -0.480 e. The number of carboxylic acids is 1. The number of nitrogens with two attached hydrogens (primary N) is 1. The van der Waals surface area contributed by atoms with Gasteiger partial charge in [0.1, 0.15) is 6.04 Å². The molecule has 4 nitrogen and oxygen atoms in total. The molecule has 70 valence electrons. The molecule has 1 fully saturated rings. The fourth-order valence-electron chi connectivity index (χ4n) is 1.55. The Labute approximate surface area is 72.3 Å². The highest BCUT2D eigenvalue weighted by Gasteiger charge is 2.22. The van der Waals surface area contributed by atoms with Gasteiger partial charge in [0, 0.05) is 13.1 Å². The van der Waals surface area contributed by atoms with Crippen LogP contribution in [0, 0.1) is 5.92 Å². The second kappa shape index (κ2) is 3.87. The number of carbonyl (C=O) groups is 1. The van der Waals surface area contributed by atoms with Gasteiger partial charge in [0.25, 0.3) is 0 Å². The average molecular weight is 172 g/mol. The Morgan fingerprint density at radius 1 is 1.83 bits per heavy atom. The summed E-state index contributed by atoms with van der Waals surface area (Å²) in [4.78, 5) is 12.5.